The third-order valence-corrected chi connectivity index (χ3v) is 4.66. The van der Waals surface area contributed by atoms with E-state index in [0.29, 0.717) is 17.9 Å². The fraction of sp³-hybridized carbons (Fsp3) is 0.300. The average molecular weight is 362 g/mol. The number of fused-ring (bicyclic) bond motifs is 1. The molecule has 3 aromatic rings. The van der Waals surface area contributed by atoms with Crippen LogP contribution in [0.2, 0.25) is 0 Å². The van der Waals surface area contributed by atoms with Crippen LogP contribution in [0.1, 0.15) is 42.2 Å². The molecule has 1 aromatic carbocycles. The topological polar surface area (TPSA) is 84.7 Å². The summed E-state index contributed by atoms with van der Waals surface area (Å²) in [5.41, 5.74) is 3.26. The lowest BCUT2D eigenvalue weighted by Gasteiger charge is -2.14. The molecule has 4 rings (SSSR count). The van der Waals surface area contributed by atoms with Crippen molar-refractivity contribution in [1.82, 2.24) is 25.1 Å². The predicted molar refractivity (Wildman–Crippen MR) is 104 cm³/mol. The third-order valence-electron chi connectivity index (χ3n) is 4.66. The van der Waals surface area contributed by atoms with Crippen molar-refractivity contribution in [3.05, 3.63) is 53.9 Å². The second-order valence-electron chi connectivity index (χ2n) is 6.89. The number of hydrogen-bond acceptors (Lipinski definition) is 5. The highest BCUT2D eigenvalue weighted by Gasteiger charge is 2.19. The van der Waals surface area contributed by atoms with E-state index in [2.05, 4.69) is 39.7 Å². The molecule has 2 aromatic heterocycles. The van der Waals surface area contributed by atoms with E-state index in [1.54, 1.807) is 6.33 Å². The second-order valence-corrected chi connectivity index (χ2v) is 6.89. The van der Waals surface area contributed by atoms with Crippen LogP contribution in [0.3, 0.4) is 0 Å². The lowest BCUT2D eigenvalue weighted by atomic mass is 10.0. The number of amides is 1. The molecule has 0 unspecified atom stereocenters. The van der Waals surface area contributed by atoms with Crippen LogP contribution < -0.4 is 10.6 Å². The molecule has 0 spiro atoms. The van der Waals surface area contributed by atoms with Gasteiger partial charge in [-0.3, -0.25) is 4.79 Å². The van der Waals surface area contributed by atoms with Gasteiger partial charge in [-0.05, 0) is 50.5 Å². The lowest BCUT2D eigenvalue weighted by Crippen LogP contribution is -2.23. The Bertz CT molecular complexity index is 978. The molecular formula is C20H22N6O. The molecule has 1 aliphatic heterocycles. The number of anilines is 2. The Kier molecular flexibility index (Phi) is 4.58. The fourth-order valence-corrected chi connectivity index (χ4v) is 3.32. The maximum absolute atomic E-state index is 12.5. The zero-order valence-electron chi connectivity index (χ0n) is 15.4. The van der Waals surface area contributed by atoms with Gasteiger partial charge in [-0.15, -0.1) is 10.2 Å². The molecule has 2 N–H and O–H groups in total. The van der Waals surface area contributed by atoms with Gasteiger partial charge in [0.05, 0.1) is 11.3 Å². The van der Waals surface area contributed by atoms with E-state index in [1.165, 1.54) is 0 Å². The van der Waals surface area contributed by atoms with E-state index in [4.69, 9.17) is 0 Å². The van der Waals surface area contributed by atoms with Gasteiger partial charge < -0.3 is 15.2 Å². The lowest BCUT2D eigenvalue weighted by molar-refractivity contribution is 0.0957. The molecule has 1 aliphatic rings. The molecule has 138 valence electrons. The van der Waals surface area contributed by atoms with Crippen molar-refractivity contribution in [2.24, 2.45) is 0 Å². The number of nitrogens with zero attached hydrogens (tertiary/aromatic N) is 4. The Morgan fingerprint density at radius 1 is 1.19 bits per heavy atom. The van der Waals surface area contributed by atoms with Gasteiger partial charge in [-0.25, -0.2) is 4.98 Å². The van der Waals surface area contributed by atoms with E-state index in [1.807, 2.05) is 41.0 Å². The highest BCUT2D eigenvalue weighted by atomic mass is 16.1. The molecule has 0 atom stereocenters. The van der Waals surface area contributed by atoms with Crippen LogP contribution in [0.25, 0.3) is 11.5 Å². The van der Waals surface area contributed by atoms with E-state index in [-0.39, 0.29) is 11.9 Å². The summed E-state index contributed by atoms with van der Waals surface area (Å²) in [6, 6.07) is 11.8. The molecule has 0 fully saturated rings. The maximum atomic E-state index is 12.5. The standard InChI is InChI=1S/C20H22N6O/c1-13(2)26-12-22-25-19(26)16-9-4-10-17(24-16)23-15-8-3-6-14-7-5-11-21-20(27)18(14)15/h3-4,6,8-10,12-13H,5,7,11H2,1-2H3,(H,21,27)(H,23,24). The van der Waals surface area contributed by atoms with Crippen molar-refractivity contribution < 1.29 is 4.79 Å². The van der Waals surface area contributed by atoms with Crippen molar-refractivity contribution in [2.75, 3.05) is 11.9 Å². The highest BCUT2D eigenvalue weighted by molar-refractivity contribution is 6.02. The molecule has 0 bridgehead atoms. The monoisotopic (exact) mass is 362 g/mol. The third kappa shape index (κ3) is 3.40. The van der Waals surface area contributed by atoms with Crippen molar-refractivity contribution in [1.29, 1.82) is 0 Å². The Morgan fingerprint density at radius 3 is 2.89 bits per heavy atom. The Balaban J connectivity index is 1.69. The SMILES string of the molecule is CC(C)n1cnnc1-c1cccc(Nc2cccc3c2C(=O)NCCC3)n1. The number of aromatic nitrogens is 4. The van der Waals surface area contributed by atoms with Crippen LogP contribution in [0.5, 0.6) is 0 Å². The summed E-state index contributed by atoms with van der Waals surface area (Å²) < 4.78 is 1.98. The molecule has 27 heavy (non-hydrogen) atoms. The fourth-order valence-electron chi connectivity index (χ4n) is 3.32. The number of carbonyl (C=O) groups excluding carboxylic acids is 1. The highest BCUT2D eigenvalue weighted by Crippen LogP contribution is 2.27. The quantitative estimate of drug-likeness (QED) is 0.743. The Morgan fingerprint density at radius 2 is 2.04 bits per heavy atom. The minimum atomic E-state index is -0.0405. The molecule has 7 heteroatoms. The smallest absolute Gasteiger partial charge is 0.253 e. The minimum absolute atomic E-state index is 0.0405. The first-order valence-electron chi connectivity index (χ1n) is 9.17. The van der Waals surface area contributed by atoms with Crippen LogP contribution >= 0.6 is 0 Å². The summed E-state index contributed by atoms with van der Waals surface area (Å²) in [7, 11) is 0. The van der Waals surface area contributed by atoms with Gasteiger partial charge in [0.2, 0.25) is 0 Å². The van der Waals surface area contributed by atoms with Gasteiger partial charge in [0.15, 0.2) is 5.82 Å². The van der Waals surface area contributed by atoms with E-state index < -0.39 is 0 Å². The molecule has 0 radical (unpaired) electrons. The zero-order chi connectivity index (χ0) is 18.8. The summed E-state index contributed by atoms with van der Waals surface area (Å²) in [5, 5.41) is 14.5. The maximum Gasteiger partial charge on any atom is 0.253 e. The van der Waals surface area contributed by atoms with Crippen LogP contribution in [0, 0.1) is 0 Å². The largest absolute Gasteiger partial charge is 0.352 e. The van der Waals surface area contributed by atoms with E-state index >= 15 is 0 Å². The van der Waals surface area contributed by atoms with Crippen LogP contribution in [-0.4, -0.2) is 32.2 Å². The Labute approximate surface area is 157 Å². The molecule has 0 saturated heterocycles. The van der Waals surface area contributed by atoms with E-state index in [0.717, 1.165) is 35.6 Å². The van der Waals surface area contributed by atoms with Crippen LogP contribution in [0.15, 0.2) is 42.7 Å². The first-order chi connectivity index (χ1) is 13.1. The Hall–Kier alpha value is -3.22. The zero-order valence-corrected chi connectivity index (χ0v) is 15.4. The second kappa shape index (κ2) is 7.19. The number of rotatable bonds is 4. The van der Waals surface area contributed by atoms with Crippen LogP contribution in [0.4, 0.5) is 11.5 Å². The van der Waals surface area contributed by atoms with Gasteiger partial charge >= 0.3 is 0 Å². The number of nitrogens with one attached hydrogen (secondary N) is 2. The van der Waals surface area contributed by atoms with Gasteiger partial charge in [0.25, 0.3) is 5.91 Å². The normalized spacial score (nSPS) is 13.8. The molecule has 0 aliphatic carbocycles. The summed E-state index contributed by atoms with van der Waals surface area (Å²) in [5.74, 6) is 1.34. The number of pyridine rings is 1. The van der Waals surface area contributed by atoms with E-state index in [9.17, 15) is 4.79 Å². The summed E-state index contributed by atoms with van der Waals surface area (Å²) in [6.45, 7) is 4.85. The first kappa shape index (κ1) is 17.2. The number of benzene rings is 1. The molecule has 3 heterocycles. The summed E-state index contributed by atoms with van der Waals surface area (Å²) in [6.07, 6.45) is 3.54. The number of aryl methyl sites for hydroxylation is 1. The number of hydrogen-bond donors (Lipinski definition) is 2. The predicted octanol–water partition coefficient (Wildman–Crippen LogP) is 3.34. The number of carbonyl (C=O) groups is 1. The molecule has 0 saturated carbocycles. The van der Waals surface area contributed by atoms with Crippen molar-refractivity contribution >= 4 is 17.4 Å². The van der Waals surface area contributed by atoms with Gasteiger partial charge in [0.1, 0.15) is 17.8 Å². The molecule has 1 amide bonds. The summed E-state index contributed by atoms with van der Waals surface area (Å²) in [4.78, 5) is 17.2. The van der Waals surface area contributed by atoms with Crippen molar-refractivity contribution in [3.8, 4) is 11.5 Å². The van der Waals surface area contributed by atoms with Gasteiger partial charge in [-0.2, -0.15) is 0 Å². The van der Waals surface area contributed by atoms with Crippen molar-refractivity contribution in [3.63, 3.8) is 0 Å². The summed E-state index contributed by atoms with van der Waals surface area (Å²) >= 11 is 0. The van der Waals surface area contributed by atoms with Crippen molar-refractivity contribution in [2.45, 2.75) is 32.7 Å². The molecular weight excluding hydrogens is 340 g/mol. The molecule has 7 nitrogen and oxygen atoms in total. The first-order valence-corrected chi connectivity index (χ1v) is 9.17. The van der Waals surface area contributed by atoms with Crippen LogP contribution in [-0.2, 0) is 6.42 Å². The van der Waals surface area contributed by atoms with Gasteiger partial charge in [-0.1, -0.05) is 18.2 Å². The van der Waals surface area contributed by atoms with Gasteiger partial charge in [0, 0.05) is 12.6 Å². The average Bonchev–Trinajstić information content (AvgIpc) is 3.08. The minimum Gasteiger partial charge on any atom is -0.352 e.